The quantitative estimate of drug-likeness (QED) is 0.261. The van der Waals surface area contributed by atoms with Gasteiger partial charge in [0, 0.05) is 36.6 Å². The number of ketones is 1. The van der Waals surface area contributed by atoms with Crippen LogP contribution < -0.4 is 10.5 Å². The Morgan fingerprint density at radius 1 is 1.15 bits per heavy atom. The average Bonchev–Trinajstić information content (AvgIpc) is 3.52. The zero-order chi connectivity index (χ0) is 28.0. The van der Waals surface area contributed by atoms with Crippen molar-refractivity contribution in [2.75, 3.05) is 25.4 Å². The van der Waals surface area contributed by atoms with E-state index >= 15 is 0 Å². The number of nitrogens with zero attached hydrogens (tertiary/aromatic N) is 4. The number of nitrogens with two attached hydrogens (primary N) is 1. The van der Waals surface area contributed by atoms with Crippen molar-refractivity contribution in [2.24, 2.45) is 0 Å². The van der Waals surface area contributed by atoms with E-state index in [2.05, 4.69) is 32.1 Å². The lowest BCUT2D eigenvalue weighted by Gasteiger charge is -2.28. The molecule has 4 N–H and O–H groups in total. The minimum atomic E-state index is -0.844. The summed E-state index contributed by atoms with van der Waals surface area (Å²) in [4.78, 5) is 23.0. The van der Waals surface area contributed by atoms with Crippen molar-refractivity contribution in [1.82, 2.24) is 24.6 Å². The summed E-state index contributed by atoms with van der Waals surface area (Å²) in [6.07, 6.45) is 3.69. The Balaban J connectivity index is 1.26. The van der Waals surface area contributed by atoms with Crippen molar-refractivity contribution in [3.8, 4) is 17.3 Å². The number of nitrogens with one attached hydrogen (secondary N) is 1. The fraction of sp³-hybridized carbons (Fsp3) is 0.207. The summed E-state index contributed by atoms with van der Waals surface area (Å²) in [5.74, 6) is -2.42. The average molecular weight is 545 g/mol. The Bertz CT molecular complexity index is 1740. The molecule has 40 heavy (non-hydrogen) atoms. The maximum absolute atomic E-state index is 14.0. The van der Waals surface area contributed by atoms with Gasteiger partial charge in [-0.25, -0.2) is 18.4 Å². The molecule has 0 aliphatic carbocycles. The number of halogens is 2. The number of aromatic amines is 1. The number of aliphatic hydroxyl groups excluding tert-OH is 1. The number of para-hydroxylation sites is 1. The third-order valence-electron chi connectivity index (χ3n) is 7.16. The molecular formula is C29H26F2N6O3. The number of carbonyl (C=O) groups excluding carboxylic acids is 1. The van der Waals surface area contributed by atoms with Crippen LogP contribution in [0, 0.1) is 18.6 Å². The maximum Gasteiger partial charge on any atom is 0.219 e. The zero-order valence-corrected chi connectivity index (χ0v) is 21.6. The lowest BCUT2D eigenvalue weighted by atomic mass is 9.98. The molecule has 1 aliphatic heterocycles. The molecule has 0 bridgehead atoms. The van der Waals surface area contributed by atoms with Gasteiger partial charge < -0.3 is 20.6 Å². The molecule has 11 heteroatoms. The van der Waals surface area contributed by atoms with E-state index in [9.17, 15) is 18.7 Å². The number of aliphatic hydroxyl groups is 1. The normalized spacial score (nSPS) is 13.5. The van der Waals surface area contributed by atoms with Crippen molar-refractivity contribution in [1.29, 1.82) is 0 Å². The highest BCUT2D eigenvalue weighted by atomic mass is 19.1. The number of hydrogen-bond donors (Lipinski definition) is 3. The summed E-state index contributed by atoms with van der Waals surface area (Å²) < 4.78 is 34.7. The number of fused-ring (bicyclic) bond motifs is 2. The number of pyridine rings is 1. The third-order valence-corrected chi connectivity index (χ3v) is 7.16. The number of anilines is 1. The summed E-state index contributed by atoms with van der Waals surface area (Å²) in [7, 11) is 0. The largest absolute Gasteiger partial charge is 0.433 e. The molecule has 2 aromatic carbocycles. The highest BCUT2D eigenvalue weighted by molar-refractivity contribution is 6.12. The molecule has 0 atom stereocenters. The van der Waals surface area contributed by atoms with Crippen LogP contribution in [0.15, 0.2) is 54.9 Å². The first-order valence-electron chi connectivity index (χ1n) is 12.8. The van der Waals surface area contributed by atoms with Gasteiger partial charge in [-0.15, -0.1) is 0 Å². The highest BCUT2D eigenvalue weighted by Gasteiger charge is 2.23. The SMILES string of the molecule is Cc1cc(Oc2c(F)cccc2F)ncc1-n1ncc(C(=O)c2cc3cc4c(cc3[nH]2)CCN(CCO)C4)c1N. The van der Waals surface area contributed by atoms with Gasteiger partial charge in [-0.3, -0.25) is 9.69 Å². The fourth-order valence-corrected chi connectivity index (χ4v) is 5.06. The molecule has 0 radical (unpaired) electrons. The van der Waals surface area contributed by atoms with Crippen LogP contribution in [-0.4, -0.2) is 55.2 Å². The number of carbonyl (C=O) groups is 1. The van der Waals surface area contributed by atoms with Gasteiger partial charge in [0.25, 0.3) is 0 Å². The topological polar surface area (TPSA) is 122 Å². The molecule has 0 saturated carbocycles. The van der Waals surface area contributed by atoms with Gasteiger partial charge in [0.1, 0.15) is 5.82 Å². The van der Waals surface area contributed by atoms with Gasteiger partial charge in [0.05, 0.1) is 35.9 Å². The minimum Gasteiger partial charge on any atom is -0.433 e. The summed E-state index contributed by atoms with van der Waals surface area (Å²) >= 11 is 0. The van der Waals surface area contributed by atoms with E-state index in [-0.39, 0.29) is 29.7 Å². The van der Waals surface area contributed by atoms with Gasteiger partial charge in [0.2, 0.25) is 17.4 Å². The van der Waals surface area contributed by atoms with E-state index in [1.807, 2.05) is 0 Å². The zero-order valence-electron chi connectivity index (χ0n) is 21.6. The molecule has 4 heterocycles. The Labute approximate surface area is 227 Å². The van der Waals surface area contributed by atoms with Crippen LogP contribution in [0.2, 0.25) is 0 Å². The van der Waals surface area contributed by atoms with E-state index in [4.69, 9.17) is 10.5 Å². The lowest BCUT2D eigenvalue weighted by Crippen LogP contribution is -2.32. The van der Waals surface area contributed by atoms with Crippen molar-refractivity contribution in [3.63, 3.8) is 0 Å². The number of hydrogen-bond acceptors (Lipinski definition) is 7. The van der Waals surface area contributed by atoms with Crippen LogP contribution in [0.25, 0.3) is 16.6 Å². The van der Waals surface area contributed by atoms with E-state index in [1.54, 1.807) is 13.0 Å². The summed E-state index contributed by atoms with van der Waals surface area (Å²) in [5.41, 5.74) is 11.3. The minimum absolute atomic E-state index is 0.00692. The van der Waals surface area contributed by atoms with E-state index < -0.39 is 17.4 Å². The summed E-state index contributed by atoms with van der Waals surface area (Å²) in [6.45, 7) is 4.13. The van der Waals surface area contributed by atoms with Crippen LogP contribution in [0.5, 0.6) is 11.6 Å². The molecule has 0 spiro atoms. The van der Waals surface area contributed by atoms with Crippen LogP contribution in [0.4, 0.5) is 14.6 Å². The van der Waals surface area contributed by atoms with Gasteiger partial charge >= 0.3 is 0 Å². The van der Waals surface area contributed by atoms with Gasteiger partial charge in [-0.1, -0.05) is 6.07 Å². The predicted molar refractivity (Wildman–Crippen MR) is 145 cm³/mol. The summed E-state index contributed by atoms with van der Waals surface area (Å²) in [6, 6.07) is 10.9. The maximum atomic E-state index is 14.0. The molecule has 0 saturated heterocycles. The molecule has 0 unspecified atom stereocenters. The molecule has 1 aliphatic rings. The second-order valence-electron chi connectivity index (χ2n) is 9.79. The Morgan fingerprint density at radius 2 is 1.95 bits per heavy atom. The van der Waals surface area contributed by atoms with Crippen LogP contribution >= 0.6 is 0 Å². The molecule has 204 valence electrons. The second kappa shape index (κ2) is 10.2. The molecule has 3 aromatic heterocycles. The van der Waals surface area contributed by atoms with Gasteiger partial charge in [-0.2, -0.15) is 5.10 Å². The first kappa shape index (κ1) is 25.7. The van der Waals surface area contributed by atoms with E-state index in [0.29, 0.717) is 23.5 Å². The van der Waals surface area contributed by atoms with Gasteiger partial charge in [-0.05, 0) is 60.4 Å². The van der Waals surface area contributed by atoms with Crippen LogP contribution in [-0.2, 0) is 13.0 Å². The Morgan fingerprint density at radius 3 is 2.70 bits per heavy atom. The van der Waals surface area contributed by atoms with Crippen LogP contribution in [0.3, 0.4) is 0 Å². The molecule has 0 fully saturated rings. The Kier molecular flexibility index (Phi) is 6.53. The van der Waals surface area contributed by atoms with Crippen molar-refractivity contribution in [2.45, 2.75) is 19.9 Å². The number of ether oxygens (including phenoxy) is 1. The first-order chi connectivity index (χ1) is 19.3. The molecule has 5 aromatic rings. The van der Waals surface area contributed by atoms with Crippen molar-refractivity contribution < 1.29 is 23.4 Å². The predicted octanol–water partition coefficient (Wildman–Crippen LogP) is 4.29. The van der Waals surface area contributed by atoms with Crippen molar-refractivity contribution >= 4 is 22.5 Å². The van der Waals surface area contributed by atoms with Crippen molar-refractivity contribution in [3.05, 3.63) is 94.4 Å². The monoisotopic (exact) mass is 544 g/mol. The highest BCUT2D eigenvalue weighted by Crippen LogP contribution is 2.30. The number of H-pyrrole nitrogens is 1. The standard InChI is InChI=1S/C29H26F2N6O3/c1-16-9-26(40-28-21(30)3-2-4-22(28)31)33-14-25(16)37-29(32)20(13-34-37)27(39)24-12-18-10-19-15-36(7-8-38)6-5-17(19)11-23(18)35-24/h2-4,9-14,35,38H,5-8,15,32H2,1H3. The number of aromatic nitrogens is 4. The fourth-order valence-electron chi connectivity index (χ4n) is 5.06. The smallest absolute Gasteiger partial charge is 0.219 e. The lowest BCUT2D eigenvalue weighted by molar-refractivity contribution is 0.103. The molecular weight excluding hydrogens is 518 g/mol. The third kappa shape index (κ3) is 4.59. The number of benzene rings is 2. The van der Waals surface area contributed by atoms with E-state index in [1.165, 1.54) is 40.3 Å². The molecule has 6 rings (SSSR count). The summed E-state index contributed by atoms with van der Waals surface area (Å²) in [5, 5.41) is 14.5. The number of aryl methyl sites for hydroxylation is 1. The Hall–Kier alpha value is -4.61. The van der Waals surface area contributed by atoms with Crippen LogP contribution in [0.1, 0.15) is 32.7 Å². The number of nitrogen functional groups attached to an aromatic ring is 1. The second-order valence-corrected chi connectivity index (χ2v) is 9.79. The number of β-amino-alcohol motifs (C(OH)–C–C–N with tert-alkyl or cyclic N) is 1. The molecule has 0 amide bonds. The first-order valence-corrected chi connectivity index (χ1v) is 12.8. The van der Waals surface area contributed by atoms with Gasteiger partial charge in [0.15, 0.2) is 11.6 Å². The van der Waals surface area contributed by atoms with E-state index in [0.717, 1.165) is 42.5 Å². The number of rotatable bonds is 7. The molecule has 9 nitrogen and oxygen atoms in total.